The van der Waals surface area contributed by atoms with Crippen LogP contribution in [0.15, 0.2) is 36.5 Å². The number of likely N-dealkylation sites (N-methyl/N-ethyl adjacent to an activating group) is 1. The number of ether oxygens (including phenoxy) is 3. The van der Waals surface area contributed by atoms with Crippen molar-refractivity contribution in [1.29, 1.82) is 0 Å². The molecule has 0 saturated carbocycles. The number of rotatable bonds is 45. The maximum atomic E-state index is 12.8. The van der Waals surface area contributed by atoms with Crippen LogP contribution in [-0.2, 0) is 28.6 Å². The lowest BCUT2D eigenvalue weighted by atomic mass is 10.0. The molecule has 0 heterocycles. The van der Waals surface area contributed by atoms with E-state index in [0.717, 1.165) is 51.4 Å². The van der Waals surface area contributed by atoms with E-state index >= 15 is 0 Å². The quantitative estimate of drug-likeness (QED) is 0.0282. The highest BCUT2D eigenvalue weighted by Crippen LogP contribution is 2.16. The van der Waals surface area contributed by atoms with E-state index in [1.807, 2.05) is 21.1 Å². The van der Waals surface area contributed by atoms with Gasteiger partial charge in [-0.3, -0.25) is 9.59 Å². The van der Waals surface area contributed by atoms with Crippen molar-refractivity contribution >= 4 is 17.9 Å². The molecule has 0 aromatic heterocycles. The zero-order valence-corrected chi connectivity index (χ0v) is 39.9. The van der Waals surface area contributed by atoms with Gasteiger partial charge in [0.25, 0.3) is 0 Å². The van der Waals surface area contributed by atoms with Gasteiger partial charge in [-0.1, -0.05) is 192 Å². The lowest BCUT2D eigenvalue weighted by Crippen LogP contribution is -2.50. The SMILES string of the molecule is CCCCC/C=C/C/C=C/C/C=C/CCCCCCCCCCCC(=O)OCC(COCCC(C(=O)O)[N+](C)(C)C)OC(=O)CCCCCCCCCCCCCCCC. The predicted octanol–water partition coefficient (Wildman–Crippen LogP) is 14.2. The van der Waals surface area contributed by atoms with Crippen molar-refractivity contribution in [3.8, 4) is 0 Å². The van der Waals surface area contributed by atoms with Gasteiger partial charge >= 0.3 is 17.9 Å². The lowest BCUT2D eigenvalue weighted by molar-refractivity contribution is -0.887. The number of esters is 2. The van der Waals surface area contributed by atoms with Gasteiger partial charge in [-0.05, 0) is 51.4 Å². The van der Waals surface area contributed by atoms with E-state index in [2.05, 4.69) is 50.3 Å². The van der Waals surface area contributed by atoms with Gasteiger partial charge in [-0.25, -0.2) is 4.79 Å². The first kappa shape index (κ1) is 57.5. The molecule has 0 spiro atoms. The van der Waals surface area contributed by atoms with Crippen LogP contribution in [0.1, 0.15) is 226 Å². The molecule has 8 heteroatoms. The molecule has 1 N–H and O–H groups in total. The van der Waals surface area contributed by atoms with Crippen LogP contribution in [0.5, 0.6) is 0 Å². The van der Waals surface area contributed by atoms with Crippen LogP contribution in [0.25, 0.3) is 0 Å². The normalized spacial score (nSPS) is 13.2. The molecule has 0 aromatic rings. The molecule has 0 aliphatic heterocycles. The summed E-state index contributed by atoms with van der Waals surface area (Å²) < 4.78 is 17.3. The smallest absolute Gasteiger partial charge is 0.362 e. The van der Waals surface area contributed by atoms with Gasteiger partial charge in [0.15, 0.2) is 12.1 Å². The van der Waals surface area contributed by atoms with Crippen molar-refractivity contribution < 1.29 is 38.2 Å². The second-order valence-electron chi connectivity index (χ2n) is 18.1. The topological polar surface area (TPSA) is 99.1 Å². The highest BCUT2D eigenvalue weighted by molar-refractivity contribution is 5.72. The van der Waals surface area contributed by atoms with Crippen LogP contribution in [0.2, 0.25) is 0 Å². The van der Waals surface area contributed by atoms with Gasteiger partial charge in [0.2, 0.25) is 0 Å². The summed E-state index contributed by atoms with van der Waals surface area (Å²) in [6.07, 6.45) is 50.4. The van der Waals surface area contributed by atoms with E-state index in [1.165, 1.54) is 141 Å². The average molecular weight is 847 g/mol. The number of aliphatic carboxylic acids is 1. The zero-order valence-electron chi connectivity index (χ0n) is 39.9. The van der Waals surface area contributed by atoms with Crippen molar-refractivity contribution in [2.75, 3.05) is 41.0 Å². The van der Waals surface area contributed by atoms with Crippen LogP contribution in [-0.4, -0.2) is 80.6 Å². The molecule has 0 fully saturated rings. The maximum absolute atomic E-state index is 12.8. The number of quaternary nitrogens is 1. The summed E-state index contributed by atoms with van der Waals surface area (Å²) in [5.74, 6) is -1.46. The van der Waals surface area contributed by atoms with E-state index in [9.17, 15) is 19.5 Å². The fourth-order valence-electron chi connectivity index (χ4n) is 7.39. The van der Waals surface area contributed by atoms with Gasteiger partial charge in [0.1, 0.15) is 6.61 Å². The number of carboxylic acids is 1. The van der Waals surface area contributed by atoms with E-state index in [0.29, 0.717) is 19.3 Å². The molecular formula is C52H96NO7+. The molecule has 0 aromatic carbocycles. The number of hydrogen-bond acceptors (Lipinski definition) is 6. The van der Waals surface area contributed by atoms with E-state index < -0.39 is 18.1 Å². The molecule has 2 atom stereocenters. The monoisotopic (exact) mass is 847 g/mol. The first-order valence-corrected chi connectivity index (χ1v) is 25.0. The van der Waals surface area contributed by atoms with Crippen LogP contribution in [0, 0.1) is 0 Å². The van der Waals surface area contributed by atoms with Crippen LogP contribution >= 0.6 is 0 Å². The Morgan fingerprint density at radius 2 is 0.883 bits per heavy atom. The number of carboxylic acid groups (broad SMARTS) is 1. The Hall–Kier alpha value is -2.45. The third-order valence-electron chi connectivity index (χ3n) is 11.3. The van der Waals surface area contributed by atoms with Gasteiger partial charge in [-0.2, -0.15) is 0 Å². The number of carbonyl (C=O) groups is 3. The molecule has 350 valence electrons. The largest absolute Gasteiger partial charge is 0.477 e. The molecule has 8 nitrogen and oxygen atoms in total. The van der Waals surface area contributed by atoms with E-state index in [1.54, 1.807) is 0 Å². The Bertz CT molecular complexity index is 1080. The Labute approximate surface area is 370 Å². The third kappa shape index (κ3) is 40.9. The second kappa shape index (κ2) is 43.2. The number of hydrogen-bond donors (Lipinski definition) is 1. The molecular weight excluding hydrogens is 751 g/mol. The molecule has 0 aliphatic carbocycles. The first-order valence-electron chi connectivity index (χ1n) is 25.0. The number of allylic oxidation sites excluding steroid dienone is 6. The predicted molar refractivity (Wildman–Crippen MR) is 252 cm³/mol. The standard InChI is InChI=1S/C52H95NO7/c1-6-8-10-12-14-16-18-20-22-23-24-25-26-27-28-29-31-32-34-36-38-40-42-50(54)59-47-48(46-58-45-44-49(52(56)57)53(3,4)5)60-51(55)43-41-39-37-35-33-30-21-19-17-15-13-11-9-7-2/h14,16,20,22,24-25,48-49H,6-13,15,17-19,21,23,26-47H2,1-5H3/p+1/b16-14+,22-20+,25-24+. The minimum absolute atomic E-state index is 0.0506. The van der Waals surface area contributed by atoms with Gasteiger partial charge in [-0.15, -0.1) is 0 Å². The summed E-state index contributed by atoms with van der Waals surface area (Å²) in [6.45, 7) is 4.73. The van der Waals surface area contributed by atoms with Crippen molar-refractivity contribution in [3.63, 3.8) is 0 Å². The summed E-state index contributed by atoms with van der Waals surface area (Å²) in [6, 6.07) is -0.614. The van der Waals surface area contributed by atoms with Crippen molar-refractivity contribution in [2.45, 2.75) is 238 Å². The molecule has 0 saturated heterocycles. The third-order valence-corrected chi connectivity index (χ3v) is 11.3. The Morgan fingerprint density at radius 3 is 1.33 bits per heavy atom. The molecule has 2 unspecified atom stereocenters. The van der Waals surface area contributed by atoms with Gasteiger partial charge < -0.3 is 23.8 Å². The number of unbranched alkanes of at least 4 members (excludes halogenated alkanes) is 25. The van der Waals surface area contributed by atoms with Crippen LogP contribution in [0.4, 0.5) is 0 Å². The molecule has 0 amide bonds. The van der Waals surface area contributed by atoms with Crippen molar-refractivity contribution in [2.24, 2.45) is 0 Å². The highest BCUT2D eigenvalue weighted by Gasteiger charge is 2.31. The van der Waals surface area contributed by atoms with Crippen LogP contribution in [0.3, 0.4) is 0 Å². The fraction of sp³-hybridized carbons (Fsp3) is 0.827. The van der Waals surface area contributed by atoms with Crippen molar-refractivity contribution in [3.05, 3.63) is 36.5 Å². The molecule has 60 heavy (non-hydrogen) atoms. The Kier molecular flexibility index (Phi) is 41.4. The summed E-state index contributed by atoms with van der Waals surface area (Å²) in [4.78, 5) is 37.1. The first-order chi connectivity index (χ1) is 29.1. The summed E-state index contributed by atoms with van der Waals surface area (Å²) >= 11 is 0. The molecule has 0 bridgehead atoms. The van der Waals surface area contributed by atoms with E-state index in [-0.39, 0.29) is 36.2 Å². The minimum atomic E-state index is -0.874. The van der Waals surface area contributed by atoms with Crippen LogP contribution < -0.4 is 0 Å². The van der Waals surface area contributed by atoms with Crippen molar-refractivity contribution in [1.82, 2.24) is 0 Å². The molecule has 0 aliphatic rings. The summed E-state index contributed by atoms with van der Waals surface area (Å²) in [5, 5.41) is 9.64. The summed E-state index contributed by atoms with van der Waals surface area (Å²) in [5.41, 5.74) is 0. The number of carbonyl (C=O) groups excluding carboxylic acids is 2. The number of nitrogens with zero attached hydrogens (tertiary/aromatic N) is 1. The zero-order chi connectivity index (χ0) is 44.2. The molecule has 0 rings (SSSR count). The van der Waals surface area contributed by atoms with Gasteiger partial charge in [0.05, 0.1) is 34.4 Å². The fourth-order valence-corrected chi connectivity index (χ4v) is 7.39. The minimum Gasteiger partial charge on any atom is -0.477 e. The lowest BCUT2D eigenvalue weighted by Gasteiger charge is -2.31. The Balaban J connectivity index is 4.22. The molecule has 0 radical (unpaired) electrons. The maximum Gasteiger partial charge on any atom is 0.362 e. The van der Waals surface area contributed by atoms with Gasteiger partial charge in [0, 0.05) is 19.3 Å². The Morgan fingerprint density at radius 1 is 0.500 bits per heavy atom. The second-order valence-corrected chi connectivity index (χ2v) is 18.1. The summed E-state index contributed by atoms with van der Waals surface area (Å²) in [7, 11) is 5.54. The highest BCUT2D eigenvalue weighted by atomic mass is 16.6. The van der Waals surface area contributed by atoms with E-state index in [4.69, 9.17) is 14.2 Å². The average Bonchev–Trinajstić information content (AvgIpc) is 3.21.